The van der Waals surface area contributed by atoms with Crippen LogP contribution in [0.5, 0.6) is 5.75 Å². The number of pyridine rings is 1. The van der Waals surface area contributed by atoms with Crippen molar-refractivity contribution in [1.82, 2.24) is 14.1 Å². The molecule has 3 aromatic rings. The Morgan fingerprint density at radius 3 is 2.56 bits per heavy atom. The number of rotatable bonds is 8. The number of hydrogen-bond donors (Lipinski definition) is 1. The van der Waals surface area contributed by atoms with Gasteiger partial charge < -0.3 is 14.8 Å². The third-order valence-electron chi connectivity index (χ3n) is 6.28. The maximum absolute atomic E-state index is 12.9. The first kappa shape index (κ1) is 22.1. The van der Waals surface area contributed by atoms with Gasteiger partial charge in [-0.1, -0.05) is 0 Å². The van der Waals surface area contributed by atoms with E-state index in [0.29, 0.717) is 25.7 Å². The number of ether oxygens (including phenoxy) is 2. The van der Waals surface area contributed by atoms with Crippen molar-refractivity contribution in [2.45, 2.75) is 32.2 Å². The minimum atomic E-state index is -0.0217. The monoisotopic (exact) mass is 438 g/mol. The summed E-state index contributed by atoms with van der Waals surface area (Å²) in [5.41, 5.74) is 2.52. The molecule has 0 saturated heterocycles. The van der Waals surface area contributed by atoms with Crippen LogP contribution in [0, 0.1) is 11.8 Å². The first-order valence-corrected chi connectivity index (χ1v) is 11.1. The van der Waals surface area contributed by atoms with Crippen molar-refractivity contribution >= 4 is 22.6 Å². The van der Waals surface area contributed by atoms with Crippen LogP contribution >= 0.6 is 0 Å². The summed E-state index contributed by atoms with van der Waals surface area (Å²) in [6.45, 7) is 1.62. The van der Waals surface area contributed by atoms with E-state index >= 15 is 0 Å². The first-order valence-electron chi connectivity index (χ1n) is 11.1. The van der Waals surface area contributed by atoms with Crippen LogP contribution in [0.15, 0.2) is 47.5 Å². The molecule has 32 heavy (non-hydrogen) atoms. The summed E-state index contributed by atoms with van der Waals surface area (Å²) >= 11 is 0. The van der Waals surface area contributed by atoms with E-state index in [1.807, 2.05) is 22.8 Å². The topological polar surface area (TPSA) is 87.4 Å². The molecule has 1 aliphatic rings. The molecule has 0 atom stereocenters. The number of imidazole rings is 1. The molecule has 1 fully saturated rings. The lowest BCUT2D eigenvalue weighted by Crippen LogP contribution is -2.30. The van der Waals surface area contributed by atoms with Gasteiger partial charge in [0.25, 0.3) is 0 Å². The molecule has 170 valence electrons. The summed E-state index contributed by atoms with van der Waals surface area (Å²) in [6.07, 6.45) is 6.83. The van der Waals surface area contributed by atoms with Crippen molar-refractivity contribution in [2.75, 3.05) is 25.6 Å². The van der Waals surface area contributed by atoms with Gasteiger partial charge in [0.1, 0.15) is 12.4 Å². The highest BCUT2D eigenvalue weighted by atomic mass is 16.5. The number of aryl methyl sites for hydroxylation is 1. The van der Waals surface area contributed by atoms with Gasteiger partial charge in [-0.2, -0.15) is 0 Å². The maximum Gasteiger partial charge on any atom is 0.328 e. The number of hydrogen-bond acceptors (Lipinski definition) is 5. The standard InChI is InChI=1S/C24H30N4O4/c1-27-21-8-7-20(32-14-13-31-2)15-22(21)28(24(27)30)16-17-3-5-18(6-4-17)23(29)26-19-9-11-25-12-10-19/h7-12,15,17-18H,3-6,13-14,16H2,1-2H3,(H,25,26,29). The number of nitrogens with one attached hydrogen (secondary N) is 1. The number of fused-ring (bicyclic) bond motifs is 1. The Morgan fingerprint density at radius 1 is 1.09 bits per heavy atom. The predicted octanol–water partition coefficient (Wildman–Crippen LogP) is 3.21. The number of carbonyl (C=O) groups excluding carboxylic acids is 1. The molecule has 0 spiro atoms. The van der Waals surface area contributed by atoms with E-state index in [2.05, 4.69) is 10.3 Å². The number of benzene rings is 1. The molecular weight excluding hydrogens is 408 g/mol. The van der Waals surface area contributed by atoms with Crippen LogP contribution in [0.2, 0.25) is 0 Å². The zero-order valence-corrected chi connectivity index (χ0v) is 18.6. The molecule has 0 unspecified atom stereocenters. The summed E-state index contributed by atoms with van der Waals surface area (Å²) in [4.78, 5) is 29.5. The van der Waals surface area contributed by atoms with Crippen LogP contribution in [0.4, 0.5) is 5.69 Å². The zero-order valence-electron chi connectivity index (χ0n) is 18.6. The lowest BCUT2D eigenvalue weighted by atomic mass is 9.81. The van der Waals surface area contributed by atoms with Crippen molar-refractivity contribution in [3.63, 3.8) is 0 Å². The van der Waals surface area contributed by atoms with E-state index in [1.54, 1.807) is 43.3 Å². The van der Waals surface area contributed by atoms with Crippen molar-refractivity contribution in [3.05, 3.63) is 53.2 Å². The molecule has 2 aromatic heterocycles. The molecule has 0 bridgehead atoms. The lowest BCUT2D eigenvalue weighted by Gasteiger charge is -2.28. The maximum atomic E-state index is 12.9. The molecule has 2 heterocycles. The SMILES string of the molecule is COCCOc1ccc2c(c1)n(CC1CCC(C(=O)Nc3ccncc3)CC1)c(=O)n2C. The molecule has 4 rings (SSSR count). The van der Waals surface area contributed by atoms with Crippen LogP contribution in [0.25, 0.3) is 11.0 Å². The summed E-state index contributed by atoms with van der Waals surface area (Å²) in [5, 5.41) is 2.98. The van der Waals surface area contributed by atoms with Crippen molar-refractivity contribution in [1.29, 1.82) is 0 Å². The van der Waals surface area contributed by atoms with Crippen LogP contribution in [0.1, 0.15) is 25.7 Å². The zero-order chi connectivity index (χ0) is 22.5. The van der Waals surface area contributed by atoms with Gasteiger partial charge in [-0.25, -0.2) is 4.79 Å². The molecule has 0 aliphatic heterocycles. The minimum Gasteiger partial charge on any atom is -0.491 e. The van der Waals surface area contributed by atoms with Crippen LogP contribution in [-0.4, -0.2) is 40.3 Å². The first-order chi connectivity index (χ1) is 15.6. The molecule has 1 aromatic carbocycles. The minimum absolute atomic E-state index is 0.00411. The van der Waals surface area contributed by atoms with E-state index in [9.17, 15) is 9.59 Å². The summed E-state index contributed by atoms with van der Waals surface area (Å²) < 4.78 is 14.3. The highest BCUT2D eigenvalue weighted by Gasteiger charge is 2.27. The van der Waals surface area contributed by atoms with Gasteiger partial charge in [-0.15, -0.1) is 0 Å². The Morgan fingerprint density at radius 2 is 1.84 bits per heavy atom. The molecule has 1 amide bonds. The van der Waals surface area contributed by atoms with Crippen molar-refractivity contribution < 1.29 is 14.3 Å². The van der Waals surface area contributed by atoms with E-state index in [0.717, 1.165) is 48.2 Å². The second-order valence-electron chi connectivity index (χ2n) is 8.39. The average Bonchev–Trinajstić information content (AvgIpc) is 3.05. The molecule has 1 saturated carbocycles. The van der Waals surface area contributed by atoms with Gasteiger partial charge in [-0.05, 0) is 55.9 Å². The van der Waals surface area contributed by atoms with Gasteiger partial charge in [0.05, 0.1) is 17.6 Å². The van der Waals surface area contributed by atoms with Crippen molar-refractivity contribution in [2.24, 2.45) is 18.9 Å². The van der Waals surface area contributed by atoms with E-state index in [4.69, 9.17) is 9.47 Å². The number of nitrogens with zero attached hydrogens (tertiary/aromatic N) is 3. The van der Waals surface area contributed by atoms with Gasteiger partial charge >= 0.3 is 5.69 Å². The van der Waals surface area contributed by atoms with Crippen LogP contribution in [0.3, 0.4) is 0 Å². The fraction of sp³-hybridized carbons (Fsp3) is 0.458. The third kappa shape index (κ3) is 4.85. The summed E-state index contributed by atoms with van der Waals surface area (Å²) in [5.74, 6) is 1.16. The Hall–Kier alpha value is -3.13. The highest BCUT2D eigenvalue weighted by molar-refractivity contribution is 5.92. The number of anilines is 1. The molecule has 1 N–H and O–H groups in total. The van der Waals surface area contributed by atoms with E-state index in [1.165, 1.54) is 0 Å². The van der Waals surface area contributed by atoms with Crippen LogP contribution < -0.4 is 15.7 Å². The fourth-order valence-electron chi connectivity index (χ4n) is 4.44. The summed E-state index contributed by atoms with van der Waals surface area (Å²) in [6, 6.07) is 9.33. The van der Waals surface area contributed by atoms with Gasteiger partial charge in [0.2, 0.25) is 5.91 Å². The van der Waals surface area contributed by atoms with Gasteiger partial charge in [0, 0.05) is 50.8 Å². The molecule has 1 aliphatic carbocycles. The number of aromatic nitrogens is 3. The predicted molar refractivity (Wildman–Crippen MR) is 123 cm³/mol. The van der Waals surface area contributed by atoms with Crippen LogP contribution in [-0.2, 0) is 23.1 Å². The van der Waals surface area contributed by atoms with E-state index < -0.39 is 0 Å². The number of carbonyl (C=O) groups is 1. The normalized spacial score (nSPS) is 18.6. The largest absolute Gasteiger partial charge is 0.491 e. The lowest BCUT2D eigenvalue weighted by molar-refractivity contribution is -0.121. The van der Waals surface area contributed by atoms with Crippen molar-refractivity contribution in [3.8, 4) is 5.75 Å². The van der Waals surface area contributed by atoms with Gasteiger partial charge in [-0.3, -0.25) is 18.9 Å². The molecule has 8 nitrogen and oxygen atoms in total. The molecule has 8 heteroatoms. The molecular formula is C24H30N4O4. The fourth-order valence-corrected chi connectivity index (χ4v) is 4.44. The molecule has 0 radical (unpaired) electrons. The second-order valence-corrected chi connectivity index (χ2v) is 8.39. The number of methoxy groups -OCH3 is 1. The Labute approximate surface area is 187 Å². The Bertz CT molecular complexity index is 1110. The average molecular weight is 439 g/mol. The smallest absolute Gasteiger partial charge is 0.328 e. The number of amides is 1. The van der Waals surface area contributed by atoms with E-state index in [-0.39, 0.29) is 17.5 Å². The third-order valence-corrected chi connectivity index (χ3v) is 6.28. The Kier molecular flexibility index (Phi) is 6.90. The second kappa shape index (κ2) is 9.99. The summed E-state index contributed by atoms with van der Waals surface area (Å²) in [7, 11) is 3.44. The highest BCUT2D eigenvalue weighted by Crippen LogP contribution is 2.31. The Balaban J connectivity index is 1.41. The quantitative estimate of drug-likeness (QED) is 0.546. The van der Waals surface area contributed by atoms with Gasteiger partial charge in [0.15, 0.2) is 0 Å².